The molecule has 0 spiro atoms. The van der Waals surface area contributed by atoms with Crippen LogP contribution in [0.15, 0.2) is 52.3 Å². The van der Waals surface area contributed by atoms with E-state index in [0.29, 0.717) is 26.2 Å². The minimum atomic E-state index is -0.0128. The van der Waals surface area contributed by atoms with Crippen molar-refractivity contribution in [1.82, 2.24) is 9.80 Å². The number of hydrogen-bond acceptors (Lipinski definition) is 3. The first kappa shape index (κ1) is 16.9. The molecule has 0 aliphatic carbocycles. The lowest BCUT2D eigenvalue weighted by Gasteiger charge is -2.34. The van der Waals surface area contributed by atoms with Crippen molar-refractivity contribution in [2.45, 2.75) is 0 Å². The Labute approximate surface area is 153 Å². The Morgan fingerprint density at radius 1 is 1.00 bits per heavy atom. The predicted octanol–water partition coefficient (Wildman–Crippen LogP) is 3.51. The second kappa shape index (κ2) is 7.77. The minimum absolute atomic E-state index is 0.0128. The Hall–Kier alpha value is -1.92. The van der Waals surface area contributed by atoms with Crippen LogP contribution in [-0.2, 0) is 4.79 Å². The molecule has 3 rings (SSSR count). The van der Waals surface area contributed by atoms with Crippen molar-refractivity contribution < 1.29 is 9.59 Å². The fourth-order valence-corrected chi connectivity index (χ4v) is 3.49. The fourth-order valence-electron chi connectivity index (χ4n) is 2.53. The van der Waals surface area contributed by atoms with E-state index in [0.717, 1.165) is 14.9 Å². The van der Waals surface area contributed by atoms with Gasteiger partial charge in [0.2, 0.25) is 5.91 Å². The van der Waals surface area contributed by atoms with Crippen molar-refractivity contribution in [1.29, 1.82) is 0 Å². The summed E-state index contributed by atoms with van der Waals surface area (Å²) in [5, 5.41) is 1.90. The van der Waals surface area contributed by atoms with E-state index in [1.54, 1.807) is 11.0 Å². The molecule has 6 heteroatoms. The van der Waals surface area contributed by atoms with Crippen molar-refractivity contribution in [3.05, 3.63) is 62.8 Å². The van der Waals surface area contributed by atoms with E-state index in [2.05, 4.69) is 15.9 Å². The van der Waals surface area contributed by atoms with Gasteiger partial charge in [-0.2, -0.15) is 0 Å². The molecular formula is C18H17BrN2O2S. The van der Waals surface area contributed by atoms with Crippen molar-refractivity contribution in [3.8, 4) is 0 Å². The third kappa shape index (κ3) is 4.13. The molecule has 1 aliphatic heterocycles. The molecule has 0 bridgehead atoms. The molecule has 0 atom stereocenters. The smallest absolute Gasteiger partial charge is 0.264 e. The summed E-state index contributed by atoms with van der Waals surface area (Å²) < 4.78 is 1.01. The highest BCUT2D eigenvalue weighted by atomic mass is 79.9. The van der Waals surface area contributed by atoms with Crippen LogP contribution in [-0.4, -0.2) is 47.8 Å². The average molecular weight is 405 g/mol. The van der Waals surface area contributed by atoms with E-state index in [-0.39, 0.29) is 11.8 Å². The van der Waals surface area contributed by atoms with E-state index in [1.165, 1.54) is 11.3 Å². The maximum atomic E-state index is 12.3. The maximum absolute atomic E-state index is 12.3. The lowest BCUT2D eigenvalue weighted by Crippen LogP contribution is -2.50. The van der Waals surface area contributed by atoms with E-state index in [1.807, 2.05) is 52.8 Å². The number of thiophene rings is 1. The number of benzene rings is 1. The number of hydrogen-bond donors (Lipinski definition) is 0. The first-order chi connectivity index (χ1) is 11.6. The third-order valence-corrected chi connectivity index (χ3v) is 5.29. The van der Waals surface area contributed by atoms with Crippen LogP contribution in [0.2, 0.25) is 0 Å². The summed E-state index contributed by atoms with van der Waals surface area (Å²) in [4.78, 5) is 28.9. The Morgan fingerprint density at radius 3 is 2.29 bits per heavy atom. The average Bonchev–Trinajstić information content (AvgIpc) is 3.15. The largest absolute Gasteiger partial charge is 0.336 e. The summed E-state index contributed by atoms with van der Waals surface area (Å²) in [5.74, 6) is 0.0450. The second-order valence-corrected chi connectivity index (χ2v) is 7.34. The molecule has 4 nitrogen and oxygen atoms in total. The second-order valence-electron chi connectivity index (χ2n) is 5.48. The van der Waals surface area contributed by atoms with Gasteiger partial charge in [-0.3, -0.25) is 9.59 Å². The summed E-state index contributed by atoms with van der Waals surface area (Å²) in [6.45, 7) is 2.30. The van der Waals surface area contributed by atoms with Gasteiger partial charge in [-0.15, -0.1) is 11.3 Å². The summed E-state index contributed by atoms with van der Waals surface area (Å²) in [6, 6.07) is 11.5. The monoisotopic (exact) mass is 404 g/mol. The van der Waals surface area contributed by atoms with Gasteiger partial charge in [0.15, 0.2) is 0 Å². The van der Waals surface area contributed by atoms with Crippen LogP contribution in [0.3, 0.4) is 0 Å². The normalized spacial score (nSPS) is 15.0. The maximum Gasteiger partial charge on any atom is 0.264 e. The molecule has 0 N–H and O–H groups in total. The summed E-state index contributed by atoms with van der Waals surface area (Å²) in [7, 11) is 0. The van der Waals surface area contributed by atoms with Crippen LogP contribution < -0.4 is 0 Å². The molecule has 2 amide bonds. The van der Waals surface area contributed by atoms with E-state index < -0.39 is 0 Å². The zero-order valence-corrected chi connectivity index (χ0v) is 15.4. The summed E-state index contributed by atoms with van der Waals surface area (Å²) >= 11 is 4.84. The Morgan fingerprint density at radius 2 is 1.67 bits per heavy atom. The number of nitrogens with zero attached hydrogens (tertiary/aromatic N) is 2. The highest BCUT2D eigenvalue weighted by Gasteiger charge is 2.24. The molecular weight excluding hydrogens is 388 g/mol. The Bertz CT molecular complexity index is 733. The molecule has 124 valence electrons. The number of amides is 2. The molecule has 2 heterocycles. The zero-order valence-electron chi connectivity index (χ0n) is 13.0. The standard InChI is InChI=1S/C18H17BrN2O2S/c19-15-6-3-14(4-7-15)5-8-17(22)20-9-11-21(12-10-20)18(23)16-2-1-13-24-16/h1-8,13H,9-12H2/b8-5+. The molecule has 1 aromatic carbocycles. The molecule has 2 aromatic rings. The van der Waals surface area contributed by atoms with Gasteiger partial charge in [-0.05, 0) is 35.2 Å². The molecule has 1 fully saturated rings. The van der Waals surface area contributed by atoms with Crippen LogP contribution in [0.25, 0.3) is 6.08 Å². The highest BCUT2D eigenvalue weighted by molar-refractivity contribution is 9.10. The van der Waals surface area contributed by atoms with E-state index >= 15 is 0 Å². The fraction of sp³-hybridized carbons (Fsp3) is 0.222. The summed E-state index contributed by atoms with van der Waals surface area (Å²) in [5.41, 5.74) is 0.984. The zero-order chi connectivity index (χ0) is 16.9. The van der Waals surface area contributed by atoms with Crippen LogP contribution in [0.1, 0.15) is 15.2 Å². The lowest BCUT2D eigenvalue weighted by molar-refractivity contribution is -0.127. The quantitative estimate of drug-likeness (QED) is 0.734. The van der Waals surface area contributed by atoms with Gasteiger partial charge in [0, 0.05) is 36.7 Å². The van der Waals surface area contributed by atoms with Crippen molar-refractivity contribution in [2.24, 2.45) is 0 Å². The highest BCUT2D eigenvalue weighted by Crippen LogP contribution is 2.15. The van der Waals surface area contributed by atoms with Crippen LogP contribution in [0, 0.1) is 0 Å². The molecule has 1 aromatic heterocycles. The van der Waals surface area contributed by atoms with Crippen molar-refractivity contribution in [3.63, 3.8) is 0 Å². The minimum Gasteiger partial charge on any atom is -0.336 e. The molecule has 1 aliphatic rings. The van der Waals surface area contributed by atoms with Gasteiger partial charge in [-0.1, -0.05) is 34.1 Å². The molecule has 24 heavy (non-hydrogen) atoms. The molecule has 0 unspecified atom stereocenters. The van der Waals surface area contributed by atoms with Crippen molar-refractivity contribution in [2.75, 3.05) is 26.2 Å². The molecule has 1 saturated heterocycles. The van der Waals surface area contributed by atoms with Gasteiger partial charge >= 0.3 is 0 Å². The van der Waals surface area contributed by atoms with Gasteiger partial charge < -0.3 is 9.80 Å². The van der Waals surface area contributed by atoms with Crippen LogP contribution in [0.5, 0.6) is 0 Å². The lowest BCUT2D eigenvalue weighted by atomic mass is 10.2. The van der Waals surface area contributed by atoms with Crippen LogP contribution in [0.4, 0.5) is 0 Å². The topological polar surface area (TPSA) is 40.6 Å². The first-order valence-corrected chi connectivity index (χ1v) is 9.36. The summed E-state index contributed by atoms with van der Waals surface area (Å²) in [6.07, 6.45) is 3.41. The first-order valence-electron chi connectivity index (χ1n) is 7.69. The van der Waals surface area contributed by atoms with Gasteiger partial charge in [0.1, 0.15) is 0 Å². The van der Waals surface area contributed by atoms with Crippen LogP contribution >= 0.6 is 27.3 Å². The van der Waals surface area contributed by atoms with Gasteiger partial charge in [-0.25, -0.2) is 0 Å². The Balaban J connectivity index is 1.53. The third-order valence-electron chi connectivity index (χ3n) is 3.90. The number of piperazine rings is 1. The van der Waals surface area contributed by atoms with Gasteiger partial charge in [0.05, 0.1) is 4.88 Å². The van der Waals surface area contributed by atoms with Gasteiger partial charge in [0.25, 0.3) is 5.91 Å². The predicted molar refractivity (Wildman–Crippen MR) is 100.0 cm³/mol. The SMILES string of the molecule is O=C(/C=C/c1ccc(Br)cc1)N1CCN(C(=O)c2cccs2)CC1. The number of halogens is 1. The number of rotatable bonds is 3. The number of carbonyl (C=O) groups is 2. The van der Waals surface area contributed by atoms with Crippen molar-refractivity contribution >= 4 is 45.2 Å². The Kier molecular flexibility index (Phi) is 5.48. The molecule has 0 radical (unpaired) electrons. The molecule has 0 saturated carbocycles. The number of carbonyl (C=O) groups excluding carboxylic acids is 2. The van der Waals surface area contributed by atoms with E-state index in [4.69, 9.17) is 0 Å². The van der Waals surface area contributed by atoms with E-state index in [9.17, 15) is 9.59 Å².